The number of H-pyrrole nitrogens is 1. The smallest absolute Gasteiger partial charge is 0.319 e. The van der Waals surface area contributed by atoms with Gasteiger partial charge in [-0.05, 0) is 54.0 Å². The first-order valence-electron chi connectivity index (χ1n) is 10.7. The minimum atomic E-state index is -0.737. The lowest BCUT2D eigenvalue weighted by molar-refractivity contribution is 0.102. The molecule has 1 aromatic carbocycles. The summed E-state index contributed by atoms with van der Waals surface area (Å²) in [7, 11) is 0. The van der Waals surface area contributed by atoms with Gasteiger partial charge in [-0.15, -0.1) is 5.10 Å². The number of amides is 1. The Bertz CT molecular complexity index is 1520. The Hall–Kier alpha value is -4.22. The van der Waals surface area contributed by atoms with Crippen LogP contribution in [0.5, 0.6) is 0 Å². The van der Waals surface area contributed by atoms with E-state index in [-0.39, 0.29) is 28.2 Å². The predicted molar refractivity (Wildman–Crippen MR) is 123 cm³/mol. The maximum Gasteiger partial charge on any atom is 0.329 e. The minimum Gasteiger partial charge on any atom is -0.319 e. The fraction of sp³-hybridized carbons (Fsp3) is 0.318. The largest absolute Gasteiger partial charge is 0.329 e. The van der Waals surface area contributed by atoms with Crippen molar-refractivity contribution in [3.05, 3.63) is 68.0 Å². The fourth-order valence-electron chi connectivity index (χ4n) is 3.60. The maximum atomic E-state index is 14.6. The van der Waals surface area contributed by atoms with Crippen molar-refractivity contribution < 1.29 is 9.18 Å². The number of nitrogens with one attached hydrogen (secondary N) is 2. The number of aromatic nitrogens is 7. The molecule has 1 amide bonds. The molecule has 0 unspecified atom stereocenters. The summed E-state index contributed by atoms with van der Waals surface area (Å²) in [6.07, 6.45) is 0.616. The fourth-order valence-corrected chi connectivity index (χ4v) is 3.60. The number of aromatic amines is 1. The summed E-state index contributed by atoms with van der Waals surface area (Å²) in [5.41, 5.74) is -0.392. The highest BCUT2D eigenvalue weighted by Gasteiger charge is 2.21. The quantitative estimate of drug-likeness (QED) is 0.444. The van der Waals surface area contributed by atoms with Crippen molar-refractivity contribution >= 4 is 22.6 Å². The third-order valence-electron chi connectivity index (χ3n) is 5.32. The van der Waals surface area contributed by atoms with Crippen LogP contribution in [0.2, 0.25) is 0 Å². The van der Waals surface area contributed by atoms with Crippen molar-refractivity contribution in [2.45, 2.75) is 46.6 Å². The van der Waals surface area contributed by atoms with Crippen LogP contribution < -0.4 is 16.6 Å². The van der Waals surface area contributed by atoms with Gasteiger partial charge in [0.1, 0.15) is 5.82 Å². The van der Waals surface area contributed by atoms with E-state index in [9.17, 15) is 18.8 Å². The normalized spacial score (nSPS) is 11.4. The molecule has 0 radical (unpaired) electrons. The van der Waals surface area contributed by atoms with E-state index in [0.717, 1.165) is 0 Å². The van der Waals surface area contributed by atoms with Gasteiger partial charge >= 0.3 is 5.69 Å². The van der Waals surface area contributed by atoms with Crippen LogP contribution in [-0.4, -0.2) is 40.6 Å². The average Bonchev–Trinajstić information content (AvgIpc) is 3.22. The van der Waals surface area contributed by atoms with Crippen molar-refractivity contribution in [3.8, 4) is 5.69 Å². The molecule has 3 aromatic heterocycles. The predicted octanol–water partition coefficient (Wildman–Crippen LogP) is 2.29. The lowest BCUT2D eigenvalue weighted by atomic mass is 10.0. The van der Waals surface area contributed by atoms with Gasteiger partial charge in [-0.1, -0.05) is 20.8 Å². The Morgan fingerprint density at radius 1 is 1.24 bits per heavy atom. The summed E-state index contributed by atoms with van der Waals surface area (Å²) in [5.74, 6) is -1.01. The minimum absolute atomic E-state index is 0.0109. The third-order valence-corrected chi connectivity index (χ3v) is 5.32. The molecule has 0 spiro atoms. The lowest BCUT2D eigenvalue weighted by Gasteiger charge is -2.15. The van der Waals surface area contributed by atoms with Crippen molar-refractivity contribution in [3.63, 3.8) is 0 Å². The molecule has 3 heterocycles. The Kier molecular flexibility index (Phi) is 6.05. The number of benzene rings is 1. The second-order valence-electron chi connectivity index (χ2n) is 8.12. The number of fused-ring (bicyclic) bond motifs is 1. The summed E-state index contributed by atoms with van der Waals surface area (Å²) >= 11 is 0. The Labute approximate surface area is 192 Å². The van der Waals surface area contributed by atoms with Crippen LogP contribution in [0.3, 0.4) is 0 Å². The van der Waals surface area contributed by atoms with Crippen LogP contribution in [0, 0.1) is 12.7 Å². The van der Waals surface area contributed by atoms with Gasteiger partial charge in [0.25, 0.3) is 11.5 Å². The lowest BCUT2D eigenvalue weighted by Crippen LogP contribution is -2.32. The molecule has 4 rings (SSSR count). The van der Waals surface area contributed by atoms with Gasteiger partial charge < -0.3 is 5.32 Å². The number of nitrogens with zero attached hydrogens (tertiary/aromatic N) is 6. The zero-order valence-electron chi connectivity index (χ0n) is 19.1. The number of tetrazole rings is 1. The Morgan fingerprint density at radius 3 is 2.65 bits per heavy atom. The van der Waals surface area contributed by atoms with Crippen LogP contribution in [0.1, 0.15) is 55.0 Å². The van der Waals surface area contributed by atoms with Crippen molar-refractivity contribution in [1.29, 1.82) is 0 Å². The Morgan fingerprint density at radius 2 is 2.00 bits per heavy atom. The molecule has 4 aromatic rings. The highest BCUT2D eigenvalue weighted by molar-refractivity contribution is 6.12. The molecule has 0 aliphatic carbocycles. The first-order chi connectivity index (χ1) is 16.2. The van der Waals surface area contributed by atoms with Crippen LogP contribution >= 0.6 is 0 Å². The Balaban J connectivity index is 1.86. The molecule has 11 nitrogen and oxygen atoms in total. The maximum absolute atomic E-state index is 14.6. The van der Waals surface area contributed by atoms with Crippen LogP contribution in [0.4, 0.5) is 10.1 Å². The van der Waals surface area contributed by atoms with Gasteiger partial charge in [-0.3, -0.25) is 19.1 Å². The monoisotopic (exact) mass is 466 g/mol. The van der Waals surface area contributed by atoms with E-state index >= 15 is 0 Å². The molecular formula is C22H23FN8O3. The average molecular weight is 466 g/mol. The molecule has 0 fully saturated rings. The molecule has 0 bridgehead atoms. The van der Waals surface area contributed by atoms with Crippen LogP contribution in [0.25, 0.3) is 16.7 Å². The summed E-state index contributed by atoms with van der Waals surface area (Å²) in [6, 6.07) is 5.54. The molecule has 0 aliphatic rings. The number of carbonyl (C=O) groups excluding carboxylic acids is 1. The van der Waals surface area contributed by atoms with E-state index < -0.39 is 23.0 Å². The highest BCUT2D eigenvalue weighted by atomic mass is 19.1. The SMILES string of the molecule is CCCn1c(=O)[nH]c(=O)c2c(C(=O)Nc3cc(-n4nnnc4C)ccc3F)cc(C(C)C)nc21. The van der Waals surface area contributed by atoms with E-state index in [4.69, 9.17) is 0 Å². The van der Waals surface area contributed by atoms with E-state index in [0.29, 0.717) is 30.2 Å². The van der Waals surface area contributed by atoms with E-state index in [1.807, 2.05) is 20.8 Å². The number of rotatable bonds is 6. The molecule has 12 heteroatoms. The first-order valence-corrected chi connectivity index (χ1v) is 10.7. The molecule has 34 heavy (non-hydrogen) atoms. The number of aryl methyl sites for hydroxylation is 2. The first kappa shape index (κ1) is 23.0. The number of halogens is 1. The number of anilines is 1. The van der Waals surface area contributed by atoms with Crippen LogP contribution in [0.15, 0.2) is 33.9 Å². The molecular weight excluding hydrogens is 443 g/mol. The summed E-state index contributed by atoms with van der Waals surface area (Å²) < 4.78 is 17.3. The van der Waals surface area contributed by atoms with E-state index in [1.54, 1.807) is 6.92 Å². The van der Waals surface area contributed by atoms with E-state index in [1.165, 1.54) is 33.5 Å². The molecule has 0 atom stereocenters. The zero-order valence-corrected chi connectivity index (χ0v) is 19.1. The van der Waals surface area contributed by atoms with Gasteiger partial charge in [-0.2, -0.15) is 4.68 Å². The van der Waals surface area contributed by atoms with Gasteiger partial charge in [0.15, 0.2) is 11.5 Å². The van der Waals surface area contributed by atoms with E-state index in [2.05, 4.69) is 30.8 Å². The summed E-state index contributed by atoms with van der Waals surface area (Å²) in [4.78, 5) is 45.2. The van der Waals surface area contributed by atoms with Gasteiger partial charge in [-0.25, -0.2) is 14.2 Å². The van der Waals surface area contributed by atoms with Crippen molar-refractivity contribution in [2.24, 2.45) is 0 Å². The number of carbonyl (C=O) groups is 1. The number of hydrogen-bond donors (Lipinski definition) is 2. The summed E-state index contributed by atoms with van der Waals surface area (Å²) in [6.45, 7) is 7.63. The molecule has 0 aliphatic heterocycles. The molecule has 0 saturated carbocycles. The second-order valence-corrected chi connectivity index (χ2v) is 8.12. The summed E-state index contributed by atoms with van der Waals surface area (Å²) in [5, 5.41) is 13.7. The number of pyridine rings is 1. The van der Waals surface area contributed by atoms with Gasteiger partial charge in [0, 0.05) is 12.2 Å². The van der Waals surface area contributed by atoms with Crippen LogP contribution in [-0.2, 0) is 6.54 Å². The third kappa shape index (κ3) is 4.09. The second kappa shape index (κ2) is 8.96. The van der Waals surface area contributed by atoms with Gasteiger partial charge in [0.2, 0.25) is 0 Å². The molecule has 0 saturated heterocycles. The highest BCUT2D eigenvalue weighted by Crippen LogP contribution is 2.23. The zero-order chi connectivity index (χ0) is 24.6. The topological polar surface area (TPSA) is 140 Å². The molecule has 2 N–H and O–H groups in total. The standard InChI is InChI=1S/C22H23FN8O3/c1-5-8-30-19-18(21(33)26-22(30)34)14(10-16(24-19)11(2)3)20(32)25-17-9-13(6-7-15(17)23)31-12(4)27-28-29-31/h6-7,9-11H,5,8H2,1-4H3,(H,25,32)(H,26,33,34). The number of hydrogen-bond acceptors (Lipinski definition) is 7. The van der Waals surface area contributed by atoms with Gasteiger partial charge in [0.05, 0.1) is 22.3 Å². The van der Waals surface area contributed by atoms with Crippen molar-refractivity contribution in [1.82, 2.24) is 34.7 Å². The molecule has 176 valence electrons. The van der Waals surface area contributed by atoms with Crippen molar-refractivity contribution in [2.75, 3.05) is 5.32 Å².